The van der Waals surface area contributed by atoms with Crippen molar-refractivity contribution >= 4 is 0 Å². The molecular formula is C18H37N3. The van der Waals surface area contributed by atoms with Gasteiger partial charge in [0.25, 0.3) is 0 Å². The van der Waals surface area contributed by atoms with Crippen LogP contribution in [0.1, 0.15) is 53.9 Å². The first kappa shape index (κ1) is 17.2. The van der Waals surface area contributed by atoms with Crippen LogP contribution in [0.15, 0.2) is 0 Å². The maximum absolute atomic E-state index is 6.48. The van der Waals surface area contributed by atoms with Gasteiger partial charge < -0.3 is 10.6 Å². The Hall–Kier alpha value is -0.120. The Morgan fingerprint density at radius 2 is 1.67 bits per heavy atom. The molecule has 1 aliphatic carbocycles. The molecule has 2 N–H and O–H groups in total. The number of hydrogen-bond acceptors (Lipinski definition) is 3. The van der Waals surface area contributed by atoms with Gasteiger partial charge >= 0.3 is 0 Å². The van der Waals surface area contributed by atoms with Gasteiger partial charge in [-0.1, -0.05) is 34.6 Å². The number of rotatable bonds is 3. The zero-order chi connectivity index (χ0) is 15.6. The maximum Gasteiger partial charge on any atom is 0.0251 e. The minimum atomic E-state index is 0.389. The van der Waals surface area contributed by atoms with Crippen molar-refractivity contribution in [1.29, 1.82) is 0 Å². The average Bonchev–Trinajstić information content (AvgIpc) is 2.38. The van der Waals surface area contributed by atoms with Crippen LogP contribution in [0.3, 0.4) is 0 Å². The first-order valence-electron chi connectivity index (χ1n) is 8.99. The van der Waals surface area contributed by atoms with Gasteiger partial charge in [-0.05, 0) is 36.5 Å². The number of nitrogens with zero attached hydrogens (tertiary/aromatic N) is 2. The van der Waals surface area contributed by atoms with Crippen molar-refractivity contribution in [3.63, 3.8) is 0 Å². The minimum absolute atomic E-state index is 0.389. The third-order valence-electron chi connectivity index (χ3n) is 5.59. The molecule has 3 nitrogen and oxygen atoms in total. The molecule has 3 atom stereocenters. The van der Waals surface area contributed by atoms with E-state index in [0.29, 0.717) is 17.5 Å². The lowest BCUT2D eigenvalue weighted by Crippen LogP contribution is -2.58. The standard InChI is InChI=1S/C18H37N3/c1-14(2)13-20-8-10-21(11-9-20)17-12-15(18(3,4)5)6-7-16(17)19/h14-17H,6-13,19H2,1-5H3. The molecule has 2 fully saturated rings. The highest BCUT2D eigenvalue weighted by atomic mass is 15.3. The highest BCUT2D eigenvalue weighted by molar-refractivity contribution is 4.94. The second kappa shape index (κ2) is 6.97. The van der Waals surface area contributed by atoms with Crippen LogP contribution in [0, 0.1) is 17.3 Å². The Morgan fingerprint density at radius 1 is 1.05 bits per heavy atom. The molecule has 0 aromatic rings. The molecular weight excluding hydrogens is 258 g/mol. The Morgan fingerprint density at radius 3 is 2.19 bits per heavy atom. The van der Waals surface area contributed by atoms with Crippen LogP contribution in [0.25, 0.3) is 0 Å². The van der Waals surface area contributed by atoms with Crippen molar-refractivity contribution in [2.75, 3.05) is 32.7 Å². The van der Waals surface area contributed by atoms with Crippen LogP contribution in [-0.4, -0.2) is 54.6 Å². The van der Waals surface area contributed by atoms with E-state index < -0.39 is 0 Å². The van der Waals surface area contributed by atoms with E-state index in [1.54, 1.807) is 0 Å². The lowest BCUT2D eigenvalue weighted by molar-refractivity contribution is 0.0323. The summed E-state index contributed by atoms with van der Waals surface area (Å²) in [7, 11) is 0. The van der Waals surface area contributed by atoms with Crippen LogP contribution in [0.5, 0.6) is 0 Å². The summed E-state index contributed by atoms with van der Waals surface area (Å²) in [5, 5.41) is 0. The van der Waals surface area contributed by atoms with E-state index >= 15 is 0 Å². The van der Waals surface area contributed by atoms with Crippen molar-refractivity contribution in [2.24, 2.45) is 23.0 Å². The fourth-order valence-electron chi connectivity index (χ4n) is 4.17. The molecule has 2 aliphatic rings. The SMILES string of the molecule is CC(C)CN1CCN(C2CC(C(C)(C)C)CCC2N)CC1. The first-order chi connectivity index (χ1) is 9.77. The van der Waals surface area contributed by atoms with Gasteiger partial charge in [0.2, 0.25) is 0 Å². The summed E-state index contributed by atoms with van der Waals surface area (Å²) in [6.45, 7) is 17.9. The topological polar surface area (TPSA) is 32.5 Å². The lowest BCUT2D eigenvalue weighted by Gasteiger charge is -2.47. The highest BCUT2D eigenvalue weighted by Gasteiger charge is 2.37. The Kier molecular flexibility index (Phi) is 5.72. The van der Waals surface area contributed by atoms with Gasteiger partial charge in [0.05, 0.1) is 0 Å². The Bertz CT molecular complexity index is 313. The Balaban J connectivity index is 1.89. The van der Waals surface area contributed by atoms with Gasteiger partial charge in [-0.25, -0.2) is 0 Å². The molecule has 1 saturated heterocycles. The monoisotopic (exact) mass is 295 g/mol. The maximum atomic E-state index is 6.48. The number of piperazine rings is 1. The average molecular weight is 296 g/mol. The lowest BCUT2D eigenvalue weighted by atomic mass is 9.69. The summed E-state index contributed by atoms with van der Waals surface area (Å²) in [4.78, 5) is 5.32. The van der Waals surface area contributed by atoms with E-state index in [2.05, 4.69) is 44.4 Å². The third kappa shape index (κ3) is 4.67. The van der Waals surface area contributed by atoms with Crippen molar-refractivity contribution < 1.29 is 0 Å². The molecule has 3 heteroatoms. The first-order valence-corrected chi connectivity index (χ1v) is 8.99. The predicted molar refractivity (Wildman–Crippen MR) is 91.4 cm³/mol. The summed E-state index contributed by atoms with van der Waals surface area (Å²) in [6.07, 6.45) is 3.82. The summed E-state index contributed by atoms with van der Waals surface area (Å²) < 4.78 is 0. The number of hydrogen-bond donors (Lipinski definition) is 1. The van der Waals surface area contributed by atoms with Gasteiger partial charge in [-0.2, -0.15) is 0 Å². The van der Waals surface area contributed by atoms with E-state index in [0.717, 1.165) is 11.8 Å². The van der Waals surface area contributed by atoms with Crippen LogP contribution in [-0.2, 0) is 0 Å². The van der Waals surface area contributed by atoms with Gasteiger partial charge in [-0.3, -0.25) is 4.90 Å². The molecule has 2 rings (SSSR count). The van der Waals surface area contributed by atoms with Crippen LogP contribution < -0.4 is 5.73 Å². The van der Waals surface area contributed by atoms with Gasteiger partial charge in [0.15, 0.2) is 0 Å². The molecule has 21 heavy (non-hydrogen) atoms. The fraction of sp³-hybridized carbons (Fsp3) is 1.00. The zero-order valence-corrected chi connectivity index (χ0v) is 14.9. The van der Waals surface area contributed by atoms with E-state index in [9.17, 15) is 0 Å². The van der Waals surface area contributed by atoms with Gasteiger partial charge in [0.1, 0.15) is 0 Å². The largest absolute Gasteiger partial charge is 0.326 e. The fourth-order valence-corrected chi connectivity index (χ4v) is 4.17. The van der Waals surface area contributed by atoms with Crippen LogP contribution in [0.4, 0.5) is 0 Å². The van der Waals surface area contributed by atoms with E-state index in [-0.39, 0.29) is 0 Å². The van der Waals surface area contributed by atoms with Crippen LogP contribution in [0.2, 0.25) is 0 Å². The van der Waals surface area contributed by atoms with E-state index in [1.807, 2.05) is 0 Å². The van der Waals surface area contributed by atoms with Crippen LogP contribution >= 0.6 is 0 Å². The molecule has 1 saturated carbocycles. The molecule has 124 valence electrons. The molecule has 0 amide bonds. The smallest absolute Gasteiger partial charge is 0.0251 e. The zero-order valence-electron chi connectivity index (χ0n) is 14.9. The molecule has 0 aromatic carbocycles. The van der Waals surface area contributed by atoms with Crippen molar-refractivity contribution in [3.05, 3.63) is 0 Å². The molecule has 0 aromatic heterocycles. The van der Waals surface area contributed by atoms with E-state index in [1.165, 1.54) is 52.0 Å². The predicted octanol–water partition coefficient (Wildman–Crippen LogP) is 2.80. The number of nitrogens with two attached hydrogens (primary N) is 1. The molecule has 1 aliphatic heterocycles. The summed E-state index contributed by atoms with van der Waals surface area (Å²) in [5.74, 6) is 1.61. The van der Waals surface area contributed by atoms with E-state index in [4.69, 9.17) is 5.73 Å². The third-order valence-corrected chi connectivity index (χ3v) is 5.59. The molecule has 0 spiro atoms. The van der Waals surface area contributed by atoms with Gasteiger partial charge in [0, 0.05) is 44.8 Å². The summed E-state index contributed by atoms with van der Waals surface area (Å²) >= 11 is 0. The Labute approximate surface area is 132 Å². The van der Waals surface area contributed by atoms with Crippen molar-refractivity contribution in [2.45, 2.75) is 66.0 Å². The second-order valence-corrected chi connectivity index (χ2v) is 8.84. The molecule has 3 unspecified atom stereocenters. The summed E-state index contributed by atoms with van der Waals surface area (Å²) in [6, 6.07) is 1.00. The minimum Gasteiger partial charge on any atom is -0.326 e. The molecule has 0 bridgehead atoms. The van der Waals surface area contributed by atoms with Crippen molar-refractivity contribution in [1.82, 2.24) is 9.80 Å². The molecule has 0 radical (unpaired) electrons. The normalized spacial score (nSPS) is 33.6. The quantitative estimate of drug-likeness (QED) is 0.869. The van der Waals surface area contributed by atoms with Gasteiger partial charge in [-0.15, -0.1) is 0 Å². The second-order valence-electron chi connectivity index (χ2n) is 8.84. The highest BCUT2D eigenvalue weighted by Crippen LogP contribution is 2.39. The van der Waals surface area contributed by atoms with Crippen molar-refractivity contribution in [3.8, 4) is 0 Å². The summed E-state index contributed by atoms with van der Waals surface area (Å²) in [5.41, 5.74) is 6.90. The molecule has 1 heterocycles.